The van der Waals surface area contributed by atoms with Gasteiger partial charge in [-0.05, 0) is 24.8 Å². The van der Waals surface area contributed by atoms with E-state index in [0.717, 1.165) is 31.4 Å². The number of hydrogen-bond acceptors (Lipinski definition) is 3. The van der Waals surface area contributed by atoms with E-state index in [2.05, 4.69) is 6.07 Å². The molecule has 0 unspecified atom stereocenters. The lowest BCUT2D eigenvalue weighted by molar-refractivity contribution is -0.178. The van der Waals surface area contributed by atoms with Gasteiger partial charge in [0.25, 0.3) is 0 Å². The minimum absolute atomic E-state index is 0.224. The van der Waals surface area contributed by atoms with Gasteiger partial charge in [0.2, 0.25) is 0 Å². The Morgan fingerprint density at radius 2 is 2.12 bits per heavy atom. The predicted molar refractivity (Wildman–Crippen MR) is 59.5 cm³/mol. The topological polar surface area (TPSA) is 42.2 Å². The van der Waals surface area contributed by atoms with Gasteiger partial charge in [-0.15, -0.1) is 0 Å². The minimum atomic E-state index is -0.524. The highest BCUT2D eigenvalue weighted by atomic mass is 16.7. The lowest BCUT2D eigenvalue weighted by atomic mass is 10.1. The first-order valence-electron chi connectivity index (χ1n) is 5.62. The number of benzene rings is 1. The molecule has 1 aliphatic heterocycles. The highest BCUT2D eigenvalue weighted by Gasteiger charge is 2.20. The van der Waals surface area contributed by atoms with Gasteiger partial charge in [-0.2, -0.15) is 5.26 Å². The Kier molecular flexibility index (Phi) is 3.92. The normalized spacial score (nSPS) is 22.3. The van der Waals surface area contributed by atoms with Gasteiger partial charge in [0.05, 0.1) is 6.07 Å². The fraction of sp³-hybridized carbons (Fsp3) is 0.462. The first-order valence-corrected chi connectivity index (χ1v) is 5.62. The molecule has 1 fully saturated rings. The van der Waals surface area contributed by atoms with Gasteiger partial charge >= 0.3 is 0 Å². The van der Waals surface area contributed by atoms with Crippen molar-refractivity contribution in [3.05, 3.63) is 35.9 Å². The van der Waals surface area contributed by atoms with Crippen LogP contribution in [-0.2, 0) is 9.47 Å². The molecule has 1 aromatic carbocycles. The number of nitrogens with zero attached hydrogens (tertiary/aromatic N) is 1. The van der Waals surface area contributed by atoms with Gasteiger partial charge in [0, 0.05) is 6.61 Å². The van der Waals surface area contributed by atoms with E-state index in [9.17, 15) is 0 Å². The molecule has 1 aliphatic rings. The van der Waals surface area contributed by atoms with Gasteiger partial charge < -0.3 is 9.47 Å². The van der Waals surface area contributed by atoms with Crippen LogP contribution >= 0.6 is 0 Å². The summed E-state index contributed by atoms with van der Waals surface area (Å²) in [5.74, 6) is 0. The van der Waals surface area contributed by atoms with Crippen LogP contribution in [0.5, 0.6) is 0 Å². The van der Waals surface area contributed by atoms with Crippen molar-refractivity contribution in [2.24, 2.45) is 0 Å². The summed E-state index contributed by atoms with van der Waals surface area (Å²) in [5.41, 5.74) is 0.888. The molecule has 0 aromatic heterocycles. The van der Waals surface area contributed by atoms with Crippen molar-refractivity contribution < 1.29 is 9.47 Å². The zero-order valence-corrected chi connectivity index (χ0v) is 9.13. The van der Waals surface area contributed by atoms with Crippen molar-refractivity contribution in [2.45, 2.75) is 31.7 Å². The van der Waals surface area contributed by atoms with Crippen molar-refractivity contribution >= 4 is 0 Å². The molecule has 16 heavy (non-hydrogen) atoms. The van der Waals surface area contributed by atoms with Gasteiger partial charge in [-0.3, -0.25) is 0 Å². The Hall–Kier alpha value is -1.37. The van der Waals surface area contributed by atoms with E-state index in [0.29, 0.717) is 0 Å². The maximum absolute atomic E-state index is 9.08. The zero-order chi connectivity index (χ0) is 11.2. The molecule has 0 aliphatic carbocycles. The summed E-state index contributed by atoms with van der Waals surface area (Å²) in [6, 6.07) is 11.7. The second kappa shape index (κ2) is 5.64. The first kappa shape index (κ1) is 11.1. The summed E-state index contributed by atoms with van der Waals surface area (Å²) in [4.78, 5) is 0. The van der Waals surface area contributed by atoms with E-state index in [1.807, 2.05) is 30.3 Å². The van der Waals surface area contributed by atoms with Crippen LogP contribution in [-0.4, -0.2) is 12.9 Å². The molecule has 2 rings (SSSR count). The summed E-state index contributed by atoms with van der Waals surface area (Å²) >= 11 is 0. The lowest BCUT2D eigenvalue weighted by Gasteiger charge is -2.24. The van der Waals surface area contributed by atoms with E-state index < -0.39 is 6.10 Å². The third-order valence-electron chi connectivity index (χ3n) is 2.65. The highest BCUT2D eigenvalue weighted by molar-refractivity contribution is 5.21. The summed E-state index contributed by atoms with van der Waals surface area (Å²) in [7, 11) is 0. The van der Waals surface area contributed by atoms with Crippen LogP contribution in [0.1, 0.15) is 30.9 Å². The number of rotatable bonds is 3. The van der Waals surface area contributed by atoms with Crippen LogP contribution in [0.2, 0.25) is 0 Å². The quantitative estimate of drug-likeness (QED) is 0.781. The fourth-order valence-corrected chi connectivity index (χ4v) is 1.78. The fourth-order valence-electron chi connectivity index (χ4n) is 1.78. The maximum atomic E-state index is 9.08. The molecular weight excluding hydrogens is 202 g/mol. The highest BCUT2D eigenvalue weighted by Crippen LogP contribution is 2.23. The SMILES string of the molecule is N#C[C@@H](O[C@@H]1CCCCO1)c1ccccc1. The Bertz CT molecular complexity index is 352. The van der Waals surface area contributed by atoms with E-state index in [-0.39, 0.29) is 6.29 Å². The molecule has 2 atom stereocenters. The minimum Gasteiger partial charge on any atom is -0.353 e. The van der Waals surface area contributed by atoms with Crippen LogP contribution in [0.3, 0.4) is 0 Å². The molecule has 1 saturated heterocycles. The van der Waals surface area contributed by atoms with Gasteiger partial charge in [-0.1, -0.05) is 30.3 Å². The van der Waals surface area contributed by atoms with Crippen LogP contribution in [0, 0.1) is 11.3 Å². The van der Waals surface area contributed by atoms with Crippen molar-refractivity contribution in [3.8, 4) is 6.07 Å². The van der Waals surface area contributed by atoms with Crippen molar-refractivity contribution in [3.63, 3.8) is 0 Å². The number of nitriles is 1. The number of ether oxygens (including phenoxy) is 2. The molecule has 1 aromatic rings. The molecule has 3 nitrogen and oxygen atoms in total. The van der Waals surface area contributed by atoms with Crippen molar-refractivity contribution in [2.75, 3.05) is 6.61 Å². The third-order valence-corrected chi connectivity index (χ3v) is 2.65. The monoisotopic (exact) mass is 217 g/mol. The average Bonchev–Trinajstić information content (AvgIpc) is 2.38. The van der Waals surface area contributed by atoms with Crippen LogP contribution in [0.4, 0.5) is 0 Å². The molecule has 0 bridgehead atoms. The lowest BCUT2D eigenvalue weighted by Crippen LogP contribution is -2.24. The van der Waals surface area contributed by atoms with Crippen molar-refractivity contribution in [1.82, 2.24) is 0 Å². The first-order chi connectivity index (χ1) is 7.90. The molecule has 3 heteroatoms. The molecule has 0 N–H and O–H groups in total. The molecule has 84 valence electrons. The van der Waals surface area contributed by atoms with E-state index in [1.165, 1.54) is 0 Å². The largest absolute Gasteiger partial charge is 0.353 e. The van der Waals surface area contributed by atoms with Crippen molar-refractivity contribution in [1.29, 1.82) is 5.26 Å². The second-order valence-electron chi connectivity index (χ2n) is 3.85. The molecule has 1 heterocycles. The van der Waals surface area contributed by atoms with Gasteiger partial charge in [0.15, 0.2) is 12.4 Å². The summed E-state index contributed by atoms with van der Waals surface area (Å²) in [6.45, 7) is 0.734. The summed E-state index contributed by atoms with van der Waals surface area (Å²) < 4.78 is 11.1. The third kappa shape index (κ3) is 2.82. The maximum Gasteiger partial charge on any atom is 0.172 e. The Morgan fingerprint density at radius 3 is 2.75 bits per heavy atom. The van der Waals surface area contributed by atoms with Crippen LogP contribution in [0.25, 0.3) is 0 Å². The van der Waals surface area contributed by atoms with Gasteiger partial charge in [0.1, 0.15) is 0 Å². The predicted octanol–water partition coefficient (Wildman–Crippen LogP) is 2.79. The molecule has 0 radical (unpaired) electrons. The summed E-state index contributed by atoms with van der Waals surface area (Å²) in [6.07, 6.45) is 2.33. The Labute approximate surface area is 95.6 Å². The number of hydrogen-bond donors (Lipinski definition) is 0. The smallest absolute Gasteiger partial charge is 0.172 e. The van der Waals surface area contributed by atoms with Crippen LogP contribution in [0.15, 0.2) is 30.3 Å². The van der Waals surface area contributed by atoms with Gasteiger partial charge in [-0.25, -0.2) is 0 Å². The van der Waals surface area contributed by atoms with Crippen LogP contribution < -0.4 is 0 Å². The molecule has 0 saturated carbocycles. The Balaban J connectivity index is 1.98. The second-order valence-corrected chi connectivity index (χ2v) is 3.85. The molecule has 0 spiro atoms. The molecule has 0 amide bonds. The standard InChI is InChI=1S/C13H15NO2/c14-10-12(11-6-2-1-3-7-11)16-13-8-4-5-9-15-13/h1-3,6-7,12-13H,4-5,8-9H2/t12-,13-/m1/s1. The van der Waals surface area contributed by atoms with E-state index in [4.69, 9.17) is 14.7 Å². The van der Waals surface area contributed by atoms with E-state index >= 15 is 0 Å². The summed E-state index contributed by atoms with van der Waals surface area (Å²) in [5, 5.41) is 9.08. The molecular formula is C13H15NO2. The van der Waals surface area contributed by atoms with E-state index in [1.54, 1.807) is 0 Å². The zero-order valence-electron chi connectivity index (χ0n) is 9.13. The average molecular weight is 217 g/mol. The Morgan fingerprint density at radius 1 is 1.31 bits per heavy atom.